The highest BCUT2D eigenvalue weighted by Crippen LogP contribution is 2.29. The standard InChI is InChI=1S/C18H21FN2OS/c1-20(11-14-5-2-3-7-17(14)19)18(22)13-21(15-8-9-15)12-16-6-4-10-23-16/h2-7,10,15H,8-9,11-13H2,1H3. The number of halogens is 1. The van der Waals surface area contributed by atoms with E-state index < -0.39 is 0 Å². The predicted octanol–water partition coefficient (Wildman–Crippen LogP) is 3.51. The molecule has 1 saturated carbocycles. The fourth-order valence-electron chi connectivity index (χ4n) is 2.62. The number of likely N-dealkylation sites (N-methyl/N-ethyl adjacent to an activating group) is 1. The highest BCUT2D eigenvalue weighted by atomic mass is 32.1. The fraction of sp³-hybridized carbons (Fsp3) is 0.389. The van der Waals surface area contributed by atoms with Crippen molar-refractivity contribution < 1.29 is 9.18 Å². The molecule has 2 aromatic rings. The Hall–Kier alpha value is -1.72. The minimum absolute atomic E-state index is 0.0386. The number of hydrogen-bond donors (Lipinski definition) is 0. The average molecular weight is 332 g/mol. The Labute approximate surface area is 140 Å². The van der Waals surface area contributed by atoms with Gasteiger partial charge in [-0.25, -0.2) is 4.39 Å². The summed E-state index contributed by atoms with van der Waals surface area (Å²) < 4.78 is 13.7. The van der Waals surface area contributed by atoms with Crippen LogP contribution >= 0.6 is 11.3 Å². The summed E-state index contributed by atoms with van der Waals surface area (Å²) in [5, 5.41) is 2.06. The van der Waals surface area contributed by atoms with E-state index in [9.17, 15) is 9.18 Å². The summed E-state index contributed by atoms with van der Waals surface area (Å²) in [4.78, 5) is 17.6. The summed E-state index contributed by atoms with van der Waals surface area (Å²) in [6, 6.07) is 11.3. The first kappa shape index (κ1) is 16.1. The van der Waals surface area contributed by atoms with Crippen LogP contribution in [0.5, 0.6) is 0 Å². The van der Waals surface area contributed by atoms with Crippen LogP contribution in [0, 0.1) is 5.82 Å². The molecule has 122 valence electrons. The van der Waals surface area contributed by atoms with Crippen LogP contribution in [0.25, 0.3) is 0 Å². The molecule has 23 heavy (non-hydrogen) atoms. The fourth-order valence-corrected chi connectivity index (χ4v) is 3.35. The molecule has 0 saturated heterocycles. The number of amides is 1. The van der Waals surface area contributed by atoms with Gasteiger partial charge in [0.15, 0.2) is 0 Å². The van der Waals surface area contributed by atoms with Crippen LogP contribution in [0.1, 0.15) is 23.3 Å². The van der Waals surface area contributed by atoms with E-state index in [1.54, 1.807) is 41.5 Å². The van der Waals surface area contributed by atoms with Crippen LogP contribution in [-0.2, 0) is 17.9 Å². The largest absolute Gasteiger partial charge is 0.340 e. The summed E-state index contributed by atoms with van der Waals surface area (Å²) in [6.45, 7) is 1.53. The molecule has 5 heteroatoms. The summed E-state index contributed by atoms with van der Waals surface area (Å²) >= 11 is 1.72. The van der Waals surface area contributed by atoms with Crippen LogP contribution in [0.2, 0.25) is 0 Å². The van der Waals surface area contributed by atoms with E-state index in [0.29, 0.717) is 24.7 Å². The maximum atomic E-state index is 13.7. The minimum atomic E-state index is -0.259. The Balaban J connectivity index is 1.59. The smallest absolute Gasteiger partial charge is 0.236 e. The van der Waals surface area contributed by atoms with Gasteiger partial charge >= 0.3 is 0 Å². The normalized spacial score (nSPS) is 14.2. The van der Waals surface area contributed by atoms with Gasteiger partial charge in [0.25, 0.3) is 0 Å². The number of rotatable bonds is 7. The summed E-state index contributed by atoms with van der Waals surface area (Å²) in [5.74, 6) is -0.221. The molecular formula is C18H21FN2OS. The molecule has 0 spiro atoms. The van der Waals surface area contributed by atoms with E-state index in [0.717, 1.165) is 19.4 Å². The Kier molecular flexibility index (Phi) is 5.08. The number of carbonyl (C=O) groups is 1. The van der Waals surface area contributed by atoms with Crippen LogP contribution in [0.4, 0.5) is 4.39 Å². The van der Waals surface area contributed by atoms with E-state index in [-0.39, 0.29) is 11.7 Å². The molecular weight excluding hydrogens is 311 g/mol. The Morgan fingerprint density at radius 3 is 2.65 bits per heavy atom. The Morgan fingerprint density at radius 2 is 2.00 bits per heavy atom. The lowest BCUT2D eigenvalue weighted by Crippen LogP contribution is -2.38. The van der Waals surface area contributed by atoms with Gasteiger partial charge in [-0.1, -0.05) is 24.3 Å². The van der Waals surface area contributed by atoms with Gasteiger partial charge in [-0.2, -0.15) is 0 Å². The van der Waals surface area contributed by atoms with Crippen molar-refractivity contribution in [1.29, 1.82) is 0 Å². The van der Waals surface area contributed by atoms with E-state index in [2.05, 4.69) is 16.3 Å². The van der Waals surface area contributed by atoms with Crippen molar-refractivity contribution in [2.24, 2.45) is 0 Å². The van der Waals surface area contributed by atoms with Crippen LogP contribution in [-0.4, -0.2) is 35.3 Å². The van der Waals surface area contributed by atoms with Crippen LogP contribution < -0.4 is 0 Å². The van der Waals surface area contributed by atoms with Crippen LogP contribution in [0.15, 0.2) is 41.8 Å². The second kappa shape index (κ2) is 7.23. The molecule has 1 amide bonds. The number of carbonyl (C=O) groups excluding carboxylic acids is 1. The SMILES string of the molecule is CN(Cc1ccccc1F)C(=O)CN(Cc1cccs1)C1CC1. The van der Waals surface area contributed by atoms with Gasteiger partial charge in [-0.15, -0.1) is 11.3 Å². The number of hydrogen-bond acceptors (Lipinski definition) is 3. The third kappa shape index (κ3) is 4.39. The van der Waals surface area contributed by atoms with Gasteiger partial charge in [-0.3, -0.25) is 9.69 Å². The molecule has 1 aliphatic rings. The van der Waals surface area contributed by atoms with Crippen molar-refractivity contribution in [3.63, 3.8) is 0 Å². The number of thiophene rings is 1. The van der Waals surface area contributed by atoms with Gasteiger partial charge in [-0.05, 0) is 30.4 Å². The molecule has 0 unspecified atom stereocenters. The van der Waals surface area contributed by atoms with Crippen molar-refractivity contribution in [2.45, 2.75) is 32.0 Å². The molecule has 1 heterocycles. The lowest BCUT2D eigenvalue weighted by molar-refractivity contribution is -0.132. The Morgan fingerprint density at radius 1 is 1.22 bits per heavy atom. The maximum absolute atomic E-state index is 13.7. The van der Waals surface area contributed by atoms with Crippen molar-refractivity contribution >= 4 is 17.2 Å². The van der Waals surface area contributed by atoms with E-state index in [1.165, 1.54) is 10.9 Å². The molecule has 0 bridgehead atoms. The molecule has 0 aliphatic heterocycles. The van der Waals surface area contributed by atoms with E-state index >= 15 is 0 Å². The van der Waals surface area contributed by atoms with Crippen molar-refractivity contribution in [3.8, 4) is 0 Å². The lowest BCUT2D eigenvalue weighted by Gasteiger charge is -2.24. The molecule has 3 rings (SSSR count). The molecule has 1 fully saturated rings. The molecule has 0 N–H and O–H groups in total. The zero-order valence-electron chi connectivity index (χ0n) is 13.2. The third-order valence-electron chi connectivity index (χ3n) is 4.13. The minimum Gasteiger partial charge on any atom is -0.340 e. The van der Waals surface area contributed by atoms with E-state index in [1.807, 2.05) is 6.07 Å². The monoisotopic (exact) mass is 332 g/mol. The van der Waals surface area contributed by atoms with Gasteiger partial charge in [0.1, 0.15) is 5.82 Å². The lowest BCUT2D eigenvalue weighted by atomic mass is 10.2. The van der Waals surface area contributed by atoms with Gasteiger partial charge < -0.3 is 4.90 Å². The zero-order valence-corrected chi connectivity index (χ0v) is 14.1. The molecule has 1 aromatic carbocycles. The second-order valence-electron chi connectivity index (χ2n) is 6.06. The zero-order chi connectivity index (χ0) is 16.2. The second-order valence-corrected chi connectivity index (χ2v) is 7.09. The Bertz CT molecular complexity index is 655. The molecule has 0 atom stereocenters. The topological polar surface area (TPSA) is 23.6 Å². The molecule has 1 aliphatic carbocycles. The van der Waals surface area contributed by atoms with Gasteiger partial charge in [0.2, 0.25) is 5.91 Å². The van der Waals surface area contributed by atoms with Crippen LogP contribution in [0.3, 0.4) is 0 Å². The van der Waals surface area contributed by atoms with Gasteiger partial charge in [0.05, 0.1) is 6.54 Å². The number of nitrogens with zero attached hydrogens (tertiary/aromatic N) is 2. The third-order valence-corrected chi connectivity index (χ3v) is 4.99. The highest BCUT2D eigenvalue weighted by molar-refractivity contribution is 7.09. The highest BCUT2D eigenvalue weighted by Gasteiger charge is 2.31. The average Bonchev–Trinajstić information content (AvgIpc) is 3.26. The van der Waals surface area contributed by atoms with Crippen molar-refractivity contribution in [2.75, 3.05) is 13.6 Å². The number of benzene rings is 1. The summed E-state index contributed by atoms with van der Waals surface area (Å²) in [6.07, 6.45) is 2.32. The molecule has 0 radical (unpaired) electrons. The van der Waals surface area contributed by atoms with Crippen molar-refractivity contribution in [3.05, 3.63) is 58.0 Å². The molecule has 1 aromatic heterocycles. The van der Waals surface area contributed by atoms with Crippen molar-refractivity contribution in [1.82, 2.24) is 9.80 Å². The molecule has 3 nitrogen and oxygen atoms in total. The maximum Gasteiger partial charge on any atom is 0.236 e. The quantitative estimate of drug-likeness (QED) is 0.775. The van der Waals surface area contributed by atoms with Gasteiger partial charge in [0, 0.05) is 36.6 Å². The summed E-state index contributed by atoms with van der Waals surface area (Å²) in [5.41, 5.74) is 0.555. The summed E-state index contributed by atoms with van der Waals surface area (Å²) in [7, 11) is 1.74. The van der Waals surface area contributed by atoms with E-state index in [4.69, 9.17) is 0 Å². The first-order chi connectivity index (χ1) is 11.1. The predicted molar refractivity (Wildman–Crippen MR) is 90.6 cm³/mol. The first-order valence-electron chi connectivity index (χ1n) is 7.87. The first-order valence-corrected chi connectivity index (χ1v) is 8.75.